The zero-order valence-electron chi connectivity index (χ0n) is 13.5. The van der Waals surface area contributed by atoms with Crippen molar-refractivity contribution >= 4 is 11.7 Å². The van der Waals surface area contributed by atoms with E-state index in [1.54, 1.807) is 12.5 Å². The molecule has 122 valence electrons. The van der Waals surface area contributed by atoms with Crippen molar-refractivity contribution < 1.29 is 4.79 Å². The molecule has 1 aliphatic rings. The number of hydrogen-bond acceptors (Lipinski definition) is 4. The first kappa shape index (κ1) is 15.5. The summed E-state index contributed by atoms with van der Waals surface area (Å²) in [6.45, 7) is 4.50. The Morgan fingerprint density at radius 1 is 1.43 bits per heavy atom. The topological polar surface area (TPSA) is 63.1 Å². The zero-order chi connectivity index (χ0) is 16.1. The number of imidazole rings is 1. The van der Waals surface area contributed by atoms with Gasteiger partial charge in [0.15, 0.2) is 0 Å². The van der Waals surface area contributed by atoms with Crippen LogP contribution in [0.2, 0.25) is 0 Å². The second kappa shape index (κ2) is 7.26. The van der Waals surface area contributed by atoms with Crippen LogP contribution in [0.1, 0.15) is 25.0 Å². The van der Waals surface area contributed by atoms with Crippen molar-refractivity contribution in [2.75, 3.05) is 18.0 Å². The number of hydrogen-bond donors (Lipinski definition) is 1. The Morgan fingerprint density at radius 3 is 3.13 bits per heavy atom. The van der Waals surface area contributed by atoms with Crippen LogP contribution in [-0.4, -0.2) is 39.6 Å². The molecule has 1 aliphatic heterocycles. The van der Waals surface area contributed by atoms with Crippen molar-refractivity contribution in [1.29, 1.82) is 0 Å². The number of piperidine rings is 1. The lowest BCUT2D eigenvalue weighted by Crippen LogP contribution is -2.48. The van der Waals surface area contributed by atoms with Crippen LogP contribution in [-0.2, 0) is 11.3 Å². The maximum Gasteiger partial charge on any atom is 0.222 e. The van der Waals surface area contributed by atoms with E-state index in [2.05, 4.69) is 20.2 Å². The van der Waals surface area contributed by atoms with Crippen LogP contribution in [0.15, 0.2) is 36.9 Å². The molecule has 1 unspecified atom stereocenters. The highest BCUT2D eigenvalue weighted by atomic mass is 16.1. The summed E-state index contributed by atoms with van der Waals surface area (Å²) in [7, 11) is 0. The van der Waals surface area contributed by atoms with E-state index in [1.807, 2.05) is 35.9 Å². The molecule has 1 N–H and O–H groups in total. The average Bonchev–Trinajstić information content (AvgIpc) is 3.07. The molecule has 0 radical (unpaired) electrons. The van der Waals surface area contributed by atoms with Crippen molar-refractivity contribution in [3.8, 4) is 0 Å². The van der Waals surface area contributed by atoms with Gasteiger partial charge in [-0.3, -0.25) is 4.79 Å². The summed E-state index contributed by atoms with van der Waals surface area (Å²) >= 11 is 0. The van der Waals surface area contributed by atoms with Gasteiger partial charge in [0.2, 0.25) is 5.91 Å². The van der Waals surface area contributed by atoms with Gasteiger partial charge in [-0.05, 0) is 31.9 Å². The monoisotopic (exact) mass is 313 g/mol. The second-order valence-corrected chi connectivity index (χ2v) is 6.04. The predicted molar refractivity (Wildman–Crippen MR) is 89.2 cm³/mol. The number of aryl methyl sites for hydroxylation is 2. The minimum atomic E-state index is 0.0998. The molecule has 1 fully saturated rings. The Hall–Kier alpha value is -2.37. The molecule has 1 saturated heterocycles. The molecule has 0 aliphatic carbocycles. The van der Waals surface area contributed by atoms with Crippen LogP contribution >= 0.6 is 0 Å². The maximum absolute atomic E-state index is 12.1. The highest BCUT2D eigenvalue weighted by molar-refractivity contribution is 5.76. The van der Waals surface area contributed by atoms with Crippen LogP contribution < -0.4 is 10.2 Å². The van der Waals surface area contributed by atoms with Gasteiger partial charge in [-0.2, -0.15) is 0 Å². The van der Waals surface area contributed by atoms with Crippen LogP contribution in [0.25, 0.3) is 0 Å². The number of carbonyl (C=O) groups excluding carboxylic acids is 1. The van der Waals surface area contributed by atoms with Gasteiger partial charge in [-0.25, -0.2) is 9.97 Å². The number of pyridine rings is 1. The highest BCUT2D eigenvalue weighted by Gasteiger charge is 2.22. The van der Waals surface area contributed by atoms with Gasteiger partial charge in [0.1, 0.15) is 5.82 Å². The van der Waals surface area contributed by atoms with Crippen LogP contribution in [0, 0.1) is 6.92 Å². The van der Waals surface area contributed by atoms with Crippen LogP contribution in [0.3, 0.4) is 0 Å². The first-order valence-corrected chi connectivity index (χ1v) is 8.14. The van der Waals surface area contributed by atoms with E-state index in [9.17, 15) is 4.79 Å². The molecule has 1 amide bonds. The third-order valence-electron chi connectivity index (χ3n) is 4.14. The first-order valence-electron chi connectivity index (χ1n) is 8.14. The fourth-order valence-corrected chi connectivity index (χ4v) is 2.96. The molecule has 1 atom stereocenters. The molecule has 6 heteroatoms. The lowest BCUT2D eigenvalue weighted by molar-refractivity contribution is -0.122. The lowest BCUT2D eigenvalue weighted by Gasteiger charge is -2.34. The smallest absolute Gasteiger partial charge is 0.222 e. The molecule has 23 heavy (non-hydrogen) atoms. The minimum Gasteiger partial charge on any atom is -0.355 e. The number of carbonyl (C=O) groups is 1. The van der Waals surface area contributed by atoms with Gasteiger partial charge < -0.3 is 14.8 Å². The van der Waals surface area contributed by atoms with Crippen molar-refractivity contribution in [1.82, 2.24) is 19.9 Å². The van der Waals surface area contributed by atoms with Gasteiger partial charge in [0, 0.05) is 50.2 Å². The third-order valence-corrected chi connectivity index (χ3v) is 4.14. The third kappa shape index (κ3) is 4.31. The summed E-state index contributed by atoms with van der Waals surface area (Å²) in [6.07, 6.45) is 7.92. The molecule has 2 aromatic rings. The normalized spacial score (nSPS) is 18.0. The van der Waals surface area contributed by atoms with E-state index in [4.69, 9.17) is 0 Å². The molecule has 0 bridgehead atoms. The molecular formula is C17H23N5O. The van der Waals surface area contributed by atoms with Crippen molar-refractivity contribution in [2.24, 2.45) is 0 Å². The lowest BCUT2D eigenvalue weighted by atomic mass is 10.1. The number of rotatable bonds is 5. The fraction of sp³-hybridized carbons (Fsp3) is 0.471. The largest absolute Gasteiger partial charge is 0.355 e. The van der Waals surface area contributed by atoms with E-state index in [1.165, 1.54) is 0 Å². The molecule has 3 rings (SSSR count). The van der Waals surface area contributed by atoms with Gasteiger partial charge in [0.25, 0.3) is 0 Å². The van der Waals surface area contributed by atoms with E-state index < -0.39 is 0 Å². The minimum absolute atomic E-state index is 0.0998. The van der Waals surface area contributed by atoms with Gasteiger partial charge in [-0.15, -0.1) is 0 Å². The summed E-state index contributed by atoms with van der Waals surface area (Å²) in [6, 6.07) is 6.27. The van der Waals surface area contributed by atoms with Crippen molar-refractivity contribution in [3.63, 3.8) is 0 Å². The molecule has 0 spiro atoms. The molecule has 0 saturated carbocycles. The maximum atomic E-state index is 12.1. The molecule has 0 aromatic carbocycles. The van der Waals surface area contributed by atoms with E-state index >= 15 is 0 Å². The number of nitrogens with one attached hydrogen (secondary N) is 1. The molecular weight excluding hydrogens is 290 g/mol. The number of nitrogens with zero attached hydrogens (tertiary/aromatic N) is 4. The zero-order valence-corrected chi connectivity index (χ0v) is 13.5. The summed E-state index contributed by atoms with van der Waals surface area (Å²) in [5.41, 5.74) is 1.02. The number of anilines is 1. The summed E-state index contributed by atoms with van der Waals surface area (Å²) in [4.78, 5) is 23.0. The SMILES string of the molecule is Cc1cccc(N2CCCC(NC(=O)CCn3ccnc3)C2)n1. The Morgan fingerprint density at radius 2 is 2.35 bits per heavy atom. The van der Waals surface area contributed by atoms with Gasteiger partial charge in [0.05, 0.1) is 6.33 Å². The molecule has 2 aromatic heterocycles. The Labute approximate surface area is 136 Å². The summed E-state index contributed by atoms with van der Waals surface area (Å²) in [5.74, 6) is 1.10. The first-order chi connectivity index (χ1) is 11.2. The Kier molecular flexibility index (Phi) is 4.90. The number of aromatic nitrogens is 3. The quantitative estimate of drug-likeness (QED) is 0.913. The predicted octanol–water partition coefficient (Wildman–Crippen LogP) is 1.76. The average molecular weight is 313 g/mol. The van der Waals surface area contributed by atoms with E-state index in [0.717, 1.165) is 37.4 Å². The summed E-state index contributed by atoms with van der Waals surface area (Å²) < 4.78 is 1.92. The van der Waals surface area contributed by atoms with E-state index in [-0.39, 0.29) is 11.9 Å². The highest BCUT2D eigenvalue weighted by Crippen LogP contribution is 2.18. The van der Waals surface area contributed by atoms with Gasteiger partial charge >= 0.3 is 0 Å². The van der Waals surface area contributed by atoms with Gasteiger partial charge in [-0.1, -0.05) is 6.07 Å². The second-order valence-electron chi connectivity index (χ2n) is 6.04. The van der Waals surface area contributed by atoms with Crippen molar-refractivity contribution in [2.45, 2.75) is 38.8 Å². The van der Waals surface area contributed by atoms with Crippen LogP contribution in [0.4, 0.5) is 5.82 Å². The fourth-order valence-electron chi connectivity index (χ4n) is 2.96. The van der Waals surface area contributed by atoms with Crippen LogP contribution in [0.5, 0.6) is 0 Å². The Bertz CT molecular complexity index is 640. The van der Waals surface area contributed by atoms with Crippen molar-refractivity contribution in [3.05, 3.63) is 42.6 Å². The number of amides is 1. The van der Waals surface area contributed by atoms with E-state index in [0.29, 0.717) is 13.0 Å². The Balaban J connectivity index is 1.51. The standard InChI is InChI=1S/C17H23N5O/c1-14-4-2-6-16(19-14)22-9-3-5-15(12-22)20-17(23)7-10-21-11-8-18-13-21/h2,4,6,8,11,13,15H,3,5,7,9-10,12H2,1H3,(H,20,23). The summed E-state index contributed by atoms with van der Waals surface area (Å²) in [5, 5.41) is 3.15. The molecule has 3 heterocycles. The molecule has 6 nitrogen and oxygen atoms in total.